The zero-order chi connectivity index (χ0) is 10.9. The van der Waals surface area contributed by atoms with Gasteiger partial charge in [-0.2, -0.15) is 5.26 Å². The number of hydrogen-bond donors (Lipinski definition) is 0. The highest BCUT2D eigenvalue weighted by Crippen LogP contribution is 2.44. The van der Waals surface area contributed by atoms with Crippen molar-refractivity contribution in [2.45, 2.75) is 24.7 Å². The van der Waals surface area contributed by atoms with Crippen LogP contribution in [0.1, 0.15) is 24.8 Å². The Morgan fingerprint density at radius 3 is 2.67 bits per heavy atom. The van der Waals surface area contributed by atoms with E-state index in [0.29, 0.717) is 11.3 Å². The number of rotatable bonds is 2. The Morgan fingerprint density at radius 1 is 1.47 bits per heavy atom. The van der Waals surface area contributed by atoms with Gasteiger partial charge < -0.3 is 4.74 Å². The van der Waals surface area contributed by atoms with E-state index >= 15 is 0 Å². The standard InChI is InChI=1S/C12H12FNO/c1-15-9-3-4-11(13)10(7-9)12(8-14)5-2-6-12/h3-4,7H,2,5-6H2,1H3. The maximum absolute atomic E-state index is 13.6. The molecule has 1 aliphatic carbocycles. The van der Waals surface area contributed by atoms with Crippen molar-refractivity contribution >= 4 is 0 Å². The summed E-state index contributed by atoms with van der Waals surface area (Å²) in [5.74, 6) is 0.296. The molecule has 1 aromatic carbocycles. The van der Waals surface area contributed by atoms with Gasteiger partial charge in [-0.05, 0) is 37.5 Å². The zero-order valence-corrected chi connectivity index (χ0v) is 8.59. The van der Waals surface area contributed by atoms with Gasteiger partial charge in [0.1, 0.15) is 11.6 Å². The van der Waals surface area contributed by atoms with Crippen molar-refractivity contribution in [2.75, 3.05) is 7.11 Å². The predicted octanol–water partition coefficient (Wildman–Crippen LogP) is 2.78. The van der Waals surface area contributed by atoms with Crippen LogP contribution in [0.25, 0.3) is 0 Å². The molecule has 0 aliphatic heterocycles. The lowest BCUT2D eigenvalue weighted by atomic mass is 9.65. The number of nitriles is 1. The number of methoxy groups -OCH3 is 1. The summed E-state index contributed by atoms with van der Waals surface area (Å²) in [4.78, 5) is 0. The monoisotopic (exact) mass is 205 g/mol. The van der Waals surface area contributed by atoms with E-state index in [2.05, 4.69) is 6.07 Å². The van der Waals surface area contributed by atoms with Crippen LogP contribution in [0.15, 0.2) is 18.2 Å². The maximum Gasteiger partial charge on any atom is 0.128 e. The molecule has 2 rings (SSSR count). The first kappa shape index (κ1) is 9.97. The van der Waals surface area contributed by atoms with Crippen LogP contribution in [0.5, 0.6) is 5.75 Å². The Hall–Kier alpha value is -1.56. The average molecular weight is 205 g/mol. The molecule has 2 nitrogen and oxygen atoms in total. The second-order valence-electron chi connectivity index (χ2n) is 3.89. The second kappa shape index (κ2) is 3.54. The van der Waals surface area contributed by atoms with Gasteiger partial charge in [0.05, 0.1) is 18.6 Å². The van der Waals surface area contributed by atoms with Crippen LogP contribution in [0.3, 0.4) is 0 Å². The quantitative estimate of drug-likeness (QED) is 0.743. The summed E-state index contributed by atoms with van der Waals surface area (Å²) in [6, 6.07) is 6.80. The fraction of sp³-hybridized carbons (Fsp3) is 0.417. The molecule has 0 radical (unpaired) electrons. The SMILES string of the molecule is COc1ccc(F)c(C2(C#N)CCC2)c1. The first-order chi connectivity index (χ1) is 7.22. The highest BCUT2D eigenvalue weighted by Gasteiger charge is 2.41. The van der Waals surface area contributed by atoms with Crippen LogP contribution < -0.4 is 4.74 Å². The van der Waals surface area contributed by atoms with E-state index < -0.39 is 5.41 Å². The number of ether oxygens (including phenoxy) is 1. The molecule has 78 valence electrons. The molecule has 0 aromatic heterocycles. The van der Waals surface area contributed by atoms with Crippen molar-refractivity contribution in [3.8, 4) is 11.8 Å². The molecule has 1 aliphatic rings. The third-order valence-electron chi connectivity index (χ3n) is 3.11. The van der Waals surface area contributed by atoms with Crippen LogP contribution in [-0.2, 0) is 5.41 Å². The first-order valence-corrected chi connectivity index (χ1v) is 4.97. The Balaban J connectivity index is 2.47. The van der Waals surface area contributed by atoms with Gasteiger partial charge in [-0.1, -0.05) is 0 Å². The van der Waals surface area contributed by atoms with Gasteiger partial charge in [0, 0.05) is 5.56 Å². The lowest BCUT2D eigenvalue weighted by molar-refractivity contribution is 0.311. The summed E-state index contributed by atoms with van der Waals surface area (Å²) in [6.07, 6.45) is 2.48. The smallest absolute Gasteiger partial charge is 0.128 e. The van der Waals surface area contributed by atoms with Gasteiger partial charge in [0.15, 0.2) is 0 Å². The van der Waals surface area contributed by atoms with Crippen LogP contribution in [-0.4, -0.2) is 7.11 Å². The number of halogens is 1. The third kappa shape index (κ3) is 1.46. The molecule has 0 saturated heterocycles. The van der Waals surface area contributed by atoms with Crippen molar-refractivity contribution in [3.63, 3.8) is 0 Å². The van der Waals surface area contributed by atoms with E-state index in [0.717, 1.165) is 19.3 Å². The molecule has 1 aromatic rings. The van der Waals surface area contributed by atoms with E-state index in [9.17, 15) is 4.39 Å². The Labute approximate surface area is 88.3 Å². The lowest BCUT2D eigenvalue weighted by Crippen LogP contribution is -2.33. The van der Waals surface area contributed by atoms with Gasteiger partial charge in [-0.15, -0.1) is 0 Å². The fourth-order valence-electron chi connectivity index (χ4n) is 1.97. The first-order valence-electron chi connectivity index (χ1n) is 4.97. The maximum atomic E-state index is 13.6. The minimum atomic E-state index is -0.612. The number of benzene rings is 1. The molecular weight excluding hydrogens is 193 g/mol. The highest BCUT2D eigenvalue weighted by molar-refractivity contribution is 5.41. The topological polar surface area (TPSA) is 33.0 Å². The molecule has 15 heavy (non-hydrogen) atoms. The molecule has 0 bridgehead atoms. The minimum Gasteiger partial charge on any atom is -0.497 e. The van der Waals surface area contributed by atoms with Crippen molar-refractivity contribution in [3.05, 3.63) is 29.6 Å². The van der Waals surface area contributed by atoms with Crippen molar-refractivity contribution in [1.29, 1.82) is 5.26 Å². The van der Waals surface area contributed by atoms with Gasteiger partial charge in [-0.3, -0.25) is 0 Å². The molecule has 0 amide bonds. The molecule has 0 atom stereocenters. The van der Waals surface area contributed by atoms with Gasteiger partial charge in [-0.25, -0.2) is 4.39 Å². The summed E-state index contributed by atoms with van der Waals surface area (Å²) >= 11 is 0. The van der Waals surface area contributed by atoms with Crippen LogP contribution in [0.2, 0.25) is 0 Å². The van der Waals surface area contributed by atoms with Crippen LogP contribution >= 0.6 is 0 Å². The van der Waals surface area contributed by atoms with Crippen LogP contribution in [0.4, 0.5) is 4.39 Å². The summed E-state index contributed by atoms with van der Waals surface area (Å²) < 4.78 is 18.6. The summed E-state index contributed by atoms with van der Waals surface area (Å²) in [5, 5.41) is 9.12. The zero-order valence-electron chi connectivity index (χ0n) is 8.59. The Morgan fingerprint density at radius 2 is 2.20 bits per heavy atom. The summed E-state index contributed by atoms with van der Waals surface area (Å²) in [7, 11) is 1.54. The van der Waals surface area contributed by atoms with E-state index in [1.807, 2.05) is 0 Å². The van der Waals surface area contributed by atoms with E-state index in [4.69, 9.17) is 10.00 Å². The highest BCUT2D eigenvalue weighted by atomic mass is 19.1. The van der Waals surface area contributed by atoms with Gasteiger partial charge >= 0.3 is 0 Å². The summed E-state index contributed by atoms with van der Waals surface area (Å²) in [6.45, 7) is 0. The Bertz CT molecular complexity index is 418. The molecule has 1 fully saturated rings. The normalized spacial score (nSPS) is 17.7. The molecular formula is C12H12FNO. The Kier molecular flexibility index (Phi) is 2.36. The molecule has 3 heteroatoms. The average Bonchev–Trinajstić information content (AvgIpc) is 2.20. The number of hydrogen-bond acceptors (Lipinski definition) is 2. The largest absolute Gasteiger partial charge is 0.497 e. The molecule has 1 saturated carbocycles. The third-order valence-corrected chi connectivity index (χ3v) is 3.11. The number of nitrogens with zero attached hydrogens (tertiary/aromatic N) is 1. The second-order valence-corrected chi connectivity index (χ2v) is 3.89. The lowest BCUT2D eigenvalue weighted by Gasteiger charge is -2.35. The van der Waals surface area contributed by atoms with E-state index in [1.54, 1.807) is 12.1 Å². The minimum absolute atomic E-state index is 0.308. The summed E-state index contributed by atoms with van der Waals surface area (Å²) in [5.41, 5.74) is -0.130. The van der Waals surface area contributed by atoms with Crippen molar-refractivity contribution in [1.82, 2.24) is 0 Å². The van der Waals surface area contributed by atoms with Crippen molar-refractivity contribution < 1.29 is 9.13 Å². The van der Waals surface area contributed by atoms with Gasteiger partial charge in [0.2, 0.25) is 0 Å². The molecule has 0 N–H and O–H groups in total. The van der Waals surface area contributed by atoms with Crippen LogP contribution in [0, 0.1) is 17.1 Å². The molecule has 0 unspecified atom stereocenters. The molecule has 0 spiro atoms. The van der Waals surface area contributed by atoms with Crippen molar-refractivity contribution in [2.24, 2.45) is 0 Å². The fourth-order valence-corrected chi connectivity index (χ4v) is 1.97. The predicted molar refractivity (Wildman–Crippen MR) is 54.1 cm³/mol. The molecule has 0 heterocycles. The van der Waals surface area contributed by atoms with E-state index in [-0.39, 0.29) is 5.82 Å². The van der Waals surface area contributed by atoms with E-state index in [1.165, 1.54) is 13.2 Å². The van der Waals surface area contributed by atoms with Gasteiger partial charge in [0.25, 0.3) is 0 Å².